The Labute approximate surface area is 216 Å². The Morgan fingerprint density at radius 3 is 2.22 bits per heavy atom. The normalized spacial score (nSPS) is 11.9. The highest BCUT2D eigenvalue weighted by molar-refractivity contribution is 5.97. The first-order chi connectivity index (χ1) is 17.4. The third-order valence-electron chi connectivity index (χ3n) is 5.56. The van der Waals surface area contributed by atoms with Gasteiger partial charge in [0.05, 0.1) is 13.7 Å². The van der Waals surface area contributed by atoms with E-state index < -0.39 is 23.6 Å². The fourth-order valence-corrected chi connectivity index (χ4v) is 3.63. The first-order valence-electron chi connectivity index (χ1n) is 11.9. The zero-order valence-corrected chi connectivity index (χ0v) is 21.8. The van der Waals surface area contributed by atoms with Gasteiger partial charge >= 0.3 is 6.09 Å². The molecule has 9 heteroatoms. The van der Waals surface area contributed by atoms with Crippen LogP contribution in [0.3, 0.4) is 0 Å². The van der Waals surface area contributed by atoms with Gasteiger partial charge in [-0.3, -0.25) is 9.59 Å². The van der Waals surface area contributed by atoms with Gasteiger partial charge in [-0.2, -0.15) is 0 Å². The molecule has 0 aliphatic heterocycles. The second kappa shape index (κ2) is 11.6. The van der Waals surface area contributed by atoms with Crippen LogP contribution in [0.2, 0.25) is 0 Å². The molecule has 2 amide bonds. The van der Waals surface area contributed by atoms with Crippen LogP contribution in [0, 0.1) is 6.92 Å². The average Bonchev–Trinajstić information content (AvgIpc) is 2.83. The van der Waals surface area contributed by atoms with Crippen molar-refractivity contribution in [1.82, 2.24) is 9.88 Å². The van der Waals surface area contributed by atoms with Crippen molar-refractivity contribution >= 4 is 23.4 Å². The zero-order valence-electron chi connectivity index (χ0n) is 21.8. The zero-order chi connectivity index (χ0) is 27.2. The maximum absolute atomic E-state index is 13.4. The number of aryl methyl sites for hydroxylation is 1. The molecule has 37 heavy (non-hydrogen) atoms. The Morgan fingerprint density at radius 1 is 1.00 bits per heavy atom. The number of methoxy groups -OCH3 is 1. The highest BCUT2D eigenvalue weighted by Gasteiger charge is 2.26. The Morgan fingerprint density at radius 2 is 1.62 bits per heavy atom. The van der Waals surface area contributed by atoms with Crippen LogP contribution in [0.25, 0.3) is 0 Å². The molecule has 0 aliphatic carbocycles. The van der Waals surface area contributed by atoms with Gasteiger partial charge in [0.15, 0.2) is 0 Å². The van der Waals surface area contributed by atoms with Crippen molar-refractivity contribution in [3.8, 4) is 5.75 Å². The van der Waals surface area contributed by atoms with Gasteiger partial charge in [0, 0.05) is 18.3 Å². The minimum Gasteiger partial charge on any atom is -0.497 e. The number of amides is 2. The molecule has 1 atom stereocenters. The number of aromatic nitrogens is 1. The van der Waals surface area contributed by atoms with Crippen molar-refractivity contribution in [2.24, 2.45) is 0 Å². The summed E-state index contributed by atoms with van der Waals surface area (Å²) >= 11 is 0. The molecule has 3 aromatic rings. The summed E-state index contributed by atoms with van der Waals surface area (Å²) < 4.78 is 12.1. The van der Waals surface area contributed by atoms with Crippen LogP contribution < -0.4 is 26.7 Å². The topological polar surface area (TPSA) is 125 Å². The molecule has 196 valence electrons. The molecular weight excluding hydrogens is 472 g/mol. The van der Waals surface area contributed by atoms with Crippen molar-refractivity contribution < 1.29 is 19.1 Å². The van der Waals surface area contributed by atoms with Gasteiger partial charge < -0.3 is 30.4 Å². The van der Waals surface area contributed by atoms with E-state index in [-0.39, 0.29) is 17.7 Å². The summed E-state index contributed by atoms with van der Waals surface area (Å²) in [7, 11) is 1.59. The van der Waals surface area contributed by atoms with E-state index in [9.17, 15) is 14.4 Å². The maximum Gasteiger partial charge on any atom is 0.408 e. The van der Waals surface area contributed by atoms with E-state index in [2.05, 4.69) is 10.6 Å². The number of nitrogens with two attached hydrogens (primary N) is 1. The van der Waals surface area contributed by atoms with E-state index in [0.717, 1.165) is 16.9 Å². The number of hydrogen-bond donors (Lipinski definition) is 3. The van der Waals surface area contributed by atoms with Crippen LogP contribution in [0.15, 0.2) is 65.6 Å². The lowest BCUT2D eigenvalue weighted by Gasteiger charge is -2.23. The van der Waals surface area contributed by atoms with Gasteiger partial charge in [0.1, 0.15) is 23.1 Å². The van der Waals surface area contributed by atoms with Crippen molar-refractivity contribution in [2.45, 2.75) is 52.3 Å². The number of anilines is 2. The fraction of sp³-hybridized carbons (Fsp3) is 0.321. The number of alkyl carbamates (subject to hydrolysis) is 1. The molecule has 1 unspecified atom stereocenters. The van der Waals surface area contributed by atoms with Gasteiger partial charge in [-0.05, 0) is 74.7 Å². The van der Waals surface area contributed by atoms with Gasteiger partial charge in [0.25, 0.3) is 5.56 Å². The minimum absolute atomic E-state index is 0.148. The van der Waals surface area contributed by atoms with Crippen molar-refractivity contribution in [3.63, 3.8) is 0 Å². The first kappa shape index (κ1) is 27.3. The van der Waals surface area contributed by atoms with E-state index in [1.54, 1.807) is 71.3 Å². The molecule has 1 aromatic heterocycles. The van der Waals surface area contributed by atoms with E-state index in [0.29, 0.717) is 17.8 Å². The summed E-state index contributed by atoms with van der Waals surface area (Å²) in [5.74, 6) is 0.183. The van der Waals surface area contributed by atoms with E-state index in [4.69, 9.17) is 15.2 Å². The van der Waals surface area contributed by atoms with Crippen LogP contribution >= 0.6 is 0 Å². The van der Waals surface area contributed by atoms with E-state index >= 15 is 0 Å². The van der Waals surface area contributed by atoms with Crippen LogP contribution in [0.4, 0.5) is 16.2 Å². The number of nitrogens with one attached hydrogen (secondary N) is 2. The summed E-state index contributed by atoms with van der Waals surface area (Å²) in [6.45, 7) is 7.27. The Balaban J connectivity index is 1.84. The average molecular weight is 507 g/mol. The molecule has 1 heterocycles. The Bertz CT molecular complexity index is 1290. The molecule has 0 aliphatic rings. The van der Waals surface area contributed by atoms with Gasteiger partial charge in [-0.1, -0.05) is 24.3 Å². The second-order valence-electron chi connectivity index (χ2n) is 9.79. The quantitative estimate of drug-likeness (QED) is 0.399. The van der Waals surface area contributed by atoms with Crippen LogP contribution in [0.5, 0.6) is 5.75 Å². The molecular formula is C28H34N4O5. The SMILES string of the molecule is COc1ccc(Cn2ccc(C)c(NC(=O)C(Cc3ccc(N)cc3)NC(=O)OC(C)(C)C)c2=O)cc1. The number of rotatable bonds is 8. The van der Waals surface area contributed by atoms with Gasteiger partial charge in [-0.15, -0.1) is 0 Å². The number of hydrogen-bond acceptors (Lipinski definition) is 6. The first-order valence-corrected chi connectivity index (χ1v) is 11.9. The predicted molar refractivity (Wildman–Crippen MR) is 144 cm³/mol. The molecule has 0 saturated heterocycles. The lowest BCUT2D eigenvalue weighted by Crippen LogP contribution is -2.47. The summed E-state index contributed by atoms with van der Waals surface area (Å²) in [5.41, 5.74) is 7.70. The van der Waals surface area contributed by atoms with E-state index in [1.165, 1.54) is 4.57 Å². The molecule has 0 saturated carbocycles. The maximum atomic E-state index is 13.4. The number of nitrogens with zero attached hydrogens (tertiary/aromatic N) is 1. The molecule has 3 rings (SSSR count). The van der Waals surface area contributed by atoms with Crippen molar-refractivity contribution in [1.29, 1.82) is 0 Å². The molecule has 0 fully saturated rings. The lowest BCUT2D eigenvalue weighted by atomic mass is 10.0. The fourth-order valence-electron chi connectivity index (χ4n) is 3.63. The van der Waals surface area contributed by atoms with Crippen molar-refractivity contribution in [3.05, 3.63) is 87.8 Å². The molecule has 0 bridgehead atoms. The third-order valence-corrected chi connectivity index (χ3v) is 5.56. The molecule has 9 nitrogen and oxygen atoms in total. The van der Waals surface area contributed by atoms with Gasteiger partial charge in [-0.25, -0.2) is 4.79 Å². The molecule has 0 radical (unpaired) electrons. The van der Waals surface area contributed by atoms with E-state index in [1.807, 2.05) is 24.3 Å². The number of pyridine rings is 1. The largest absolute Gasteiger partial charge is 0.497 e. The summed E-state index contributed by atoms with van der Waals surface area (Å²) in [4.78, 5) is 39.1. The number of carbonyl (C=O) groups is 2. The summed E-state index contributed by atoms with van der Waals surface area (Å²) in [5, 5.41) is 5.37. The molecule has 2 aromatic carbocycles. The number of carbonyl (C=O) groups excluding carboxylic acids is 2. The molecule has 0 spiro atoms. The van der Waals surface area contributed by atoms with Crippen LogP contribution in [-0.2, 0) is 22.5 Å². The Kier molecular flexibility index (Phi) is 8.60. The second-order valence-corrected chi connectivity index (χ2v) is 9.79. The van der Waals surface area contributed by atoms with Crippen LogP contribution in [0.1, 0.15) is 37.5 Å². The minimum atomic E-state index is -0.993. The monoisotopic (exact) mass is 506 g/mol. The number of ether oxygens (including phenoxy) is 2. The van der Waals surface area contributed by atoms with Crippen LogP contribution in [-0.4, -0.2) is 35.3 Å². The standard InChI is InChI=1S/C28H34N4O5/c1-18-14-15-32(17-20-8-12-22(36-5)13-9-20)26(34)24(18)31-25(33)23(30-27(35)37-28(2,3)4)16-19-6-10-21(29)11-7-19/h6-15,23H,16-17,29H2,1-5H3,(H,30,35)(H,31,33). The predicted octanol–water partition coefficient (Wildman–Crippen LogP) is 3.87. The third kappa shape index (κ3) is 7.86. The number of nitrogen functional groups attached to an aromatic ring is 1. The van der Waals surface area contributed by atoms with Gasteiger partial charge in [0.2, 0.25) is 5.91 Å². The highest BCUT2D eigenvalue weighted by atomic mass is 16.6. The lowest BCUT2D eigenvalue weighted by molar-refractivity contribution is -0.118. The summed E-state index contributed by atoms with van der Waals surface area (Å²) in [6.07, 6.45) is 1.13. The molecule has 4 N–H and O–H groups in total. The smallest absolute Gasteiger partial charge is 0.408 e. The summed E-state index contributed by atoms with van der Waals surface area (Å²) in [6, 6.07) is 15.2. The van der Waals surface area contributed by atoms with Crippen molar-refractivity contribution in [2.75, 3.05) is 18.2 Å². The number of benzene rings is 2. The Hall–Kier alpha value is -4.27. The highest BCUT2D eigenvalue weighted by Crippen LogP contribution is 2.15.